The minimum absolute atomic E-state index is 0.181. The van der Waals surface area contributed by atoms with E-state index in [-0.39, 0.29) is 12.8 Å². The first-order valence-corrected chi connectivity index (χ1v) is 10.3. The maximum absolute atomic E-state index is 9.49. The predicted molar refractivity (Wildman–Crippen MR) is 81.6 cm³/mol. The van der Waals surface area contributed by atoms with Gasteiger partial charge in [-0.15, -0.1) is 0 Å². The number of hydrogen-bond donors (Lipinski definition) is 0. The van der Waals surface area contributed by atoms with Crippen molar-refractivity contribution in [2.75, 3.05) is 13.2 Å². The summed E-state index contributed by atoms with van der Waals surface area (Å²) in [6.45, 7) is 9.77. The SMILES string of the molecule is CCCC(=O)[O-].CCCC(=O)[O-].CCCC[O][Zr+2][O]CCCC. The number of carboxylic acids is 2. The summed E-state index contributed by atoms with van der Waals surface area (Å²) in [5, 5.41) is 19.0. The molecule has 0 heterocycles. The molecule has 0 unspecified atom stereocenters. The second-order valence-electron chi connectivity index (χ2n) is 4.73. The number of hydrogen-bond acceptors (Lipinski definition) is 6. The van der Waals surface area contributed by atoms with Crippen molar-refractivity contribution in [3.63, 3.8) is 0 Å². The van der Waals surface area contributed by atoms with Gasteiger partial charge in [0.15, 0.2) is 0 Å². The molecule has 0 aliphatic carbocycles. The van der Waals surface area contributed by atoms with E-state index in [9.17, 15) is 19.8 Å². The van der Waals surface area contributed by atoms with Crippen molar-refractivity contribution < 1.29 is 49.5 Å². The first kappa shape index (κ1) is 27.6. The van der Waals surface area contributed by atoms with Gasteiger partial charge in [0.2, 0.25) is 0 Å². The maximum atomic E-state index is 9.49. The third kappa shape index (κ3) is 44.9. The molecule has 136 valence electrons. The Labute approximate surface area is 153 Å². The number of aliphatic carboxylic acids is 2. The zero-order valence-electron chi connectivity index (χ0n) is 15.0. The molecule has 23 heavy (non-hydrogen) atoms. The van der Waals surface area contributed by atoms with Gasteiger partial charge in [-0.3, -0.25) is 0 Å². The van der Waals surface area contributed by atoms with Gasteiger partial charge in [-0.25, -0.2) is 0 Å². The summed E-state index contributed by atoms with van der Waals surface area (Å²) in [7, 11) is 0. The van der Waals surface area contributed by atoms with Crippen LogP contribution in [0, 0.1) is 0 Å². The molecule has 0 aliphatic rings. The van der Waals surface area contributed by atoms with Crippen LogP contribution in [0.5, 0.6) is 0 Å². The Kier molecular flexibility index (Phi) is 31.9. The Morgan fingerprint density at radius 2 is 1.09 bits per heavy atom. The van der Waals surface area contributed by atoms with Gasteiger partial charge in [-0.1, -0.05) is 26.7 Å². The first-order chi connectivity index (χ1) is 11.0. The van der Waals surface area contributed by atoms with Gasteiger partial charge in [-0.05, 0) is 12.8 Å². The van der Waals surface area contributed by atoms with E-state index in [1.54, 1.807) is 13.8 Å². The van der Waals surface area contributed by atoms with Crippen LogP contribution in [-0.4, -0.2) is 25.2 Å². The van der Waals surface area contributed by atoms with E-state index in [1.807, 2.05) is 0 Å². The number of rotatable bonds is 12. The molecule has 0 fully saturated rings. The number of unbranched alkanes of at least 4 members (excludes halogenated alkanes) is 2. The van der Waals surface area contributed by atoms with E-state index < -0.39 is 36.1 Å². The Balaban J connectivity index is -0.000000284. The van der Waals surface area contributed by atoms with Crippen LogP contribution in [0.4, 0.5) is 0 Å². The minimum atomic E-state index is -0.961. The van der Waals surface area contributed by atoms with Crippen molar-refractivity contribution in [3.05, 3.63) is 0 Å². The third-order valence-electron chi connectivity index (χ3n) is 2.23. The van der Waals surface area contributed by atoms with Gasteiger partial charge in [0.05, 0.1) is 0 Å². The van der Waals surface area contributed by atoms with Crippen molar-refractivity contribution in [1.82, 2.24) is 0 Å². The quantitative estimate of drug-likeness (QED) is 0.452. The van der Waals surface area contributed by atoms with Crippen LogP contribution in [-0.2, 0) is 39.3 Å². The van der Waals surface area contributed by atoms with Crippen LogP contribution < -0.4 is 10.2 Å². The fraction of sp³-hybridized carbons (Fsp3) is 0.875. The predicted octanol–water partition coefficient (Wildman–Crippen LogP) is 1.61. The fourth-order valence-corrected chi connectivity index (χ4v) is 2.29. The summed E-state index contributed by atoms with van der Waals surface area (Å²) < 4.78 is 10.7. The number of carbonyl (C=O) groups excluding carboxylic acids is 2. The molecule has 0 aliphatic heterocycles. The van der Waals surface area contributed by atoms with Gasteiger partial charge in [0, 0.05) is 11.9 Å². The molecule has 0 atom stereocenters. The van der Waals surface area contributed by atoms with Crippen molar-refractivity contribution in [1.29, 1.82) is 0 Å². The molecule has 0 rings (SSSR count). The molecule has 0 bridgehead atoms. The third-order valence-corrected chi connectivity index (χ3v) is 3.81. The molecule has 6 nitrogen and oxygen atoms in total. The van der Waals surface area contributed by atoms with Crippen LogP contribution in [0.25, 0.3) is 0 Å². The number of carboxylic acid groups (broad SMARTS) is 2. The van der Waals surface area contributed by atoms with Crippen LogP contribution in [0.3, 0.4) is 0 Å². The molecule has 0 radical (unpaired) electrons. The molecule has 0 N–H and O–H groups in total. The molecule has 0 saturated carbocycles. The van der Waals surface area contributed by atoms with E-state index in [4.69, 9.17) is 5.63 Å². The summed E-state index contributed by atoms with van der Waals surface area (Å²) in [6, 6.07) is 0. The zero-order valence-corrected chi connectivity index (χ0v) is 17.5. The molecular weight excluding hydrogens is 379 g/mol. The van der Waals surface area contributed by atoms with E-state index in [0.717, 1.165) is 13.2 Å². The van der Waals surface area contributed by atoms with Crippen molar-refractivity contribution in [3.8, 4) is 0 Å². The van der Waals surface area contributed by atoms with E-state index in [1.165, 1.54) is 25.7 Å². The topological polar surface area (TPSA) is 98.7 Å². The molecule has 0 saturated heterocycles. The molecule has 0 aromatic carbocycles. The van der Waals surface area contributed by atoms with Gasteiger partial charge >= 0.3 is 82.5 Å². The molecular formula is C16H32O6Zr. The second-order valence-corrected chi connectivity index (χ2v) is 6.56. The Bertz CT molecular complexity index is 225. The van der Waals surface area contributed by atoms with E-state index in [0.29, 0.717) is 12.8 Å². The van der Waals surface area contributed by atoms with Gasteiger partial charge in [-0.2, -0.15) is 0 Å². The molecule has 0 spiro atoms. The summed E-state index contributed by atoms with van der Waals surface area (Å²) in [5.74, 6) is -1.92. The Hall–Kier alpha value is -0.257. The van der Waals surface area contributed by atoms with Gasteiger partial charge < -0.3 is 19.8 Å². The van der Waals surface area contributed by atoms with Crippen LogP contribution >= 0.6 is 0 Å². The standard InChI is InChI=1S/2C4H8O2.2C4H9O.Zr/c2*1-2-3-4(5)6;2*1-2-3-4-5;/h2*2-3H2,1H3,(H,5,6);2*2-4H2,1H3;/q;;2*-1;+4/p-2. The fourth-order valence-electron chi connectivity index (χ4n) is 0.966. The van der Waals surface area contributed by atoms with Crippen molar-refractivity contribution in [2.24, 2.45) is 0 Å². The van der Waals surface area contributed by atoms with Crippen LogP contribution in [0.1, 0.15) is 79.1 Å². The molecule has 0 amide bonds. The summed E-state index contributed by atoms with van der Waals surface area (Å²) in [5.41, 5.74) is 0. The summed E-state index contributed by atoms with van der Waals surface area (Å²) >= 11 is -0.876. The molecule has 7 heteroatoms. The Morgan fingerprint density at radius 1 is 0.739 bits per heavy atom. The van der Waals surface area contributed by atoms with Crippen LogP contribution in [0.15, 0.2) is 0 Å². The molecule has 0 aromatic rings. The second kappa shape index (κ2) is 26.6. The molecule has 0 aromatic heterocycles. The van der Waals surface area contributed by atoms with E-state index >= 15 is 0 Å². The monoisotopic (exact) mass is 410 g/mol. The average Bonchev–Trinajstić information content (AvgIpc) is 2.47. The number of carbonyl (C=O) groups is 2. The van der Waals surface area contributed by atoms with Gasteiger partial charge in [0.25, 0.3) is 0 Å². The average molecular weight is 412 g/mol. The normalized spacial score (nSPS) is 8.87. The van der Waals surface area contributed by atoms with E-state index in [2.05, 4.69) is 13.8 Å². The van der Waals surface area contributed by atoms with Crippen molar-refractivity contribution >= 4 is 11.9 Å². The summed E-state index contributed by atoms with van der Waals surface area (Å²) in [4.78, 5) is 19.0. The Morgan fingerprint density at radius 3 is 1.26 bits per heavy atom. The first-order valence-electron chi connectivity index (χ1n) is 8.34. The van der Waals surface area contributed by atoms with Gasteiger partial charge in [0.1, 0.15) is 0 Å². The summed E-state index contributed by atoms with van der Waals surface area (Å²) in [6.07, 6.45) is 6.49. The van der Waals surface area contributed by atoms with Crippen LogP contribution in [0.2, 0.25) is 0 Å². The zero-order chi connectivity index (χ0) is 18.3. The van der Waals surface area contributed by atoms with Crippen molar-refractivity contribution in [2.45, 2.75) is 79.1 Å².